The summed E-state index contributed by atoms with van der Waals surface area (Å²) < 4.78 is 11.6. The molecule has 222 valence electrons. The number of hydrogen-bond donors (Lipinski definition) is 1. The monoisotopic (exact) mass is 572 g/mol. The zero-order valence-electron chi connectivity index (χ0n) is 24.9. The van der Waals surface area contributed by atoms with Crippen LogP contribution in [-0.2, 0) is 4.74 Å². The van der Waals surface area contributed by atoms with E-state index < -0.39 is 0 Å². The number of pyridine rings is 1. The molecule has 1 fully saturated rings. The number of rotatable bonds is 10. The number of carbonyl (C=O) groups is 2. The van der Waals surface area contributed by atoms with Gasteiger partial charge in [0.15, 0.2) is 0 Å². The summed E-state index contributed by atoms with van der Waals surface area (Å²) >= 11 is 0. The molecule has 0 unspecified atom stereocenters. The van der Waals surface area contributed by atoms with E-state index in [2.05, 4.69) is 22.1 Å². The molecule has 5 rings (SSSR count). The Hall–Kier alpha value is -4.15. The van der Waals surface area contributed by atoms with Gasteiger partial charge in [0.1, 0.15) is 11.6 Å². The van der Waals surface area contributed by atoms with Crippen molar-refractivity contribution in [2.75, 3.05) is 81.8 Å². The van der Waals surface area contributed by atoms with Crippen molar-refractivity contribution in [1.29, 1.82) is 0 Å². The minimum absolute atomic E-state index is 0.000497. The highest BCUT2D eigenvalue weighted by atomic mass is 16.5. The number of benzene rings is 2. The number of amides is 2. The van der Waals surface area contributed by atoms with Crippen LogP contribution in [0, 0.1) is 0 Å². The Morgan fingerprint density at radius 3 is 2.48 bits per heavy atom. The van der Waals surface area contributed by atoms with Gasteiger partial charge < -0.3 is 29.5 Å². The Morgan fingerprint density at radius 1 is 0.929 bits per heavy atom. The maximum Gasteiger partial charge on any atom is 0.260 e. The van der Waals surface area contributed by atoms with Crippen LogP contribution in [0.25, 0.3) is 0 Å². The van der Waals surface area contributed by atoms with E-state index in [1.54, 1.807) is 24.2 Å². The van der Waals surface area contributed by atoms with Gasteiger partial charge in [-0.1, -0.05) is 19.1 Å². The van der Waals surface area contributed by atoms with E-state index in [4.69, 9.17) is 9.47 Å². The van der Waals surface area contributed by atoms with Gasteiger partial charge in [0.05, 0.1) is 47.7 Å². The van der Waals surface area contributed by atoms with Crippen molar-refractivity contribution in [3.8, 4) is 5.75 Å². The number of hydrogen-bond acceptors (Lipinski definition) is 8. The largest absolute Gasteiger partial charge is 0.492 e. The molecule has 0 spiro atoms. The van der Waals surface area contributed by atoms with Crippen molar-refractivity contribution < 1.29 is 19.1 Å². The Morgan fingerprint density at radius 2 is 1.71 bits per heavy atom. The van der Waals surface area contributed by atoms with Crippen LogP contribution in [-0.4, -0.2) is 93.2 Å². The molecule has 0 atom stereocenters. The van der Waals surface area contributed by atoms with Gasteiger partial charge in [-0.15, -0.1) is 0 Å². The SMILES string of the molecule is CCCOCCN1CCN(C(=O)c2ccc(Nc3cc4c(cn3)N(C)C(=O)c3ccccc3N4C)c(OCC)c2)CC1. The molecule has 1 aromatic heterocycles. The number of anilines is 5. The zero-order chi connectivity index (χ0) is 29.6. The number of nitrogens with zero attached hydrogens (tertiary/aromatic N) is 5. The predicted molar refractivity (Wildman–Crippen MR) is 166 cm³/mol. The molecule has 1 N–H and O–H groups in total. The minimum Gasteiger partial charge on any atom is -0.492 e. The van der Waals surface area contributed by atoms with E-state index in [1.807, 2.05) is 66.2 Å². The van der Waals surface area contributed by atoms with Gasteiger partial charge in [0.2, 0.25) is 0 Å². The van der Waals surface area contributed by atoms with Crippen molar-refractivity contribution in [3.05, 3.63) is 65.9 Å². The molecule has 2 aliphatic heterocycles. The first kappa shape index (κ1) is 29.3. The Balaban J connectivity index is 1.31. The van der Waals surface area contributed by atoms with Crippen LogP contribution >= 0.6 is 0 Å². The van der Waals surface area contributed by atoms with E-state index in [-0.39, 0.29) is 11.8 Å². The highest BCUT2D eigenvalue weighted by Crippen LogP contribution is 2.40. The molecular weight excluding hydrogens is 532 g/mol. The lowest BCUT2D eigenvalue weighted by molar-refractivity contribution is 0.0552. The van der Waals surface area contributed by atoms with Crippen LogP contribution in [0.15, 0.2) is 54.7 Å². The summed E-state index contributed by atoms with van der Waals surface area (Å²) in [5.74, 6) is 1.10. The highest BCUT2D eigenvalue weighted by Gasteiger charge is 2.28. The number of para-hydroxylation sites is 1. The van der Waals surface area contributed by atoms with Crippen LogP contribution < -0.4 is 19.9 Å². The molecule has 10 nitrogen and oxygen atoms in total. The molecule has 0 saturated carbocycles. The third kappa shape index (κ3) is 6.19. The Kier molecular flexibility index (Phi) is 9.24. The fourth-order valence-corrected chi connectivity index (χ4v) is 5.37. The third-order valence-corrected chi connectivity index (χ3v) is 7.74. The van der Waals surface area contributed by atoms with E-state index in [1.165, 1.54) is 0 Å². The molecule has 2 aliphatic rings. The minimum atomic E-state index is -0.0833. The predicted octanol–water partition coefficient (Wildman–Crippen LogP) is 4.77. The van der Waals surface area contributed by atoms with Gasteiger partial charge in [0.25, 0.3) is 11.8 Å². The van der Waals surface area contributed by atoms with Gasteiger partial charge in [0, 0.05) is 65.1 Å². The first-order valence-corrected chi connectivity index (χ1v) is 14.6. The lowest BCUT2D eigenvalue weighted by atomic mass is 10.1. The van der Waals surface area contributed by atoms with Crippen LogP contribution in [0.2, 0.25) is 0 Å². The normalized spacial score (nSPS) is 15.2. The number of aromatic nitrogens is 1. The Bertz CT molecular complexity index is 1420. The second-order valence-corrected chi connectivity index (χ2v) is 10.5. The molecule has 0 radical (unpaired) electrons. The van der Waals surface area contributed by atoms with Gasteiger partial charge in [-0.25, -0.2) is 4.98 Å². The van der Waals surface area contributed by atoms with Crippen LogP contribution in [0.3, 0.4) is 0 Å². The van der Waals surface area contributed by atoms with Crippen molar-refractivity contribution >= 4 is 40.4 Å². The van der Waals surface area contributed by atoms with Crippen molar-refractivity contribution in [2.24, 2.45) is 0 Å². The zero-order valence-corrected chi connectivity index (χ0v) is 24.9. The average molecular weight is 573 g/mol. The van der Waals surface area contributed by atoms with Gasteiger partial charge in [-0.05, 0) is 43.7 Å². The number of piperazine rings is 1. The third-order valence-electron chi connectivity index (χ3n) is 7.74. The fraction of sp³-hybridized carbons (Fsp3) is 0.406. The van der Waals surface area contributed by atoms with E-state index in [0.717, 1.165) is 50.6 Å². The lowest BCUT2D eigenvalue weighted by Gasteiger charge is -2.34. The maximum absolute atomic E-state index is 13.4. The molecule has 2 aromatic carbocycles. The maximum atomic E-state index is 13.4. The summed E-state index contributed by atoms with van der Waals surface area (Å²) in [7, 11) is 3.71. The fourth-order valence-electron chi connectivity index (χ4n) is 5.37. The van der Waals surface area contributed by atoms with E-state index in [9.17, 15) is 9.59 Å². The van der Waals surface area contributed by atoms with E-state index >= 15 is 0 Å². The summed E-state index contributed by atoms with van der Waals surface area (Å²) in [5.41, 5.74) is 4.31. The van der Waals surface area contributed by atoms with Crippen molar-refractivity contribution in [2.45, 2.75) is 20.3 Å². The van der Waals surface area contributed by atoms with Crippen LogP contribution in [0.5, 0.6) is 5.75 Å². The first-order valence-electron chi connectivity index (χ1n) is 14.6. The molecule has 3 heterocycles. The molecular formula is C32H40N6O4. The quantitative estimate of drug-likeness (QED) is 0.348. The standard InChI is InChI=1S/C32H40N6O4/c1-5-18-41-19-17-37-13-15-38(16-14-37)31(39)23-11-12-25(29(20-23)42-6-2)34-30-21-27-28(22-33-30)36(4)32(40)24-9-7-8-10-26(24)35(27)3/h7-12,20-22H,5-6,13-19H2,1-4H3,(H,33,34). The number of nitrogens with one attached hydrogen (secondary N) is 1. The first-order chi connectivity index (χ1) is 20.4. The second-order valence-electron chi connectivity index (χ2n) is 10.5. The topological polar surface area (TPSA) is 90.5 Å². The molecule has 42 heavy (non-hydrogen) atoms. The number of ether oxygens (including phenoxy) is 2. The summed E-state index contributed by atoms with van der Waals surface area (Å²) in [6.45, 7) is 9.93. The smallest absolute Gasteiger partial charge is 0.260 e. The molecule has 0 aliphatic carbocycles. The highest BCUT2D eigenvalue weighted by molar-refractivity contribution is 6.13. The molecule has 3 aromatic rings. The summed E-state index contributed by atoms with van der Waals surface area (Å²) in [4.78, 5) is 39.0. The molecule has 2 amide bonds. The summed E-state index contributed by atoms with van der Waals surface area (Å²) in [6.07, 6.45) is 2.72. The molecule has 10 heteroatoms. The van der Waals surface area contributed by atoms with E-state index in [0.29, 0.717) is 53.8 Å². The van der Waals surface area contributed by atoms with Crippen LogP contribution in [0.1, 0.15) is 41.0 Å². The average Bonchev–Trinajstić information content (AvgIpc) is 3.09. The van der Waals surface area contributed by atoms with Gasteiger partial charge >= 0.3 is 0 Å². The van der Waals surface area contributed by atoms with Gasteiger partial charge in [-0.2, -0.15) is 0 Å². The summed E-state index contributed by atoms with van der Waals surface area (Å²) in [5, 5.41) is 3.37. The second kappa shape index (κ2) is 13.2. The summed E-state index contributed by atoms with van der Waals surface area (Å²) in [6, 6.07) is 15.0. The number of carbonyl (C=O) groups excluding carboxylic acids is 2. The molecule has 1 saturated heterocycles. The molecule has 0 bridgehead atoms. The Labute approximate surface area is 247 Å². The lowest BCUT2D eigenvalue weighted by Crippen LogP contribution is -2.49. The van der Waals surface area contributed by atoms with Gasteiger partial charge in [-0.3, -0.25) is 14.5 Å². The van der Waals surface area contributed by atoms with Crippen molar-refractivity contribution in [1.82, 2.24) is 14.8 Å². The van der Waals surface area contributed by atoms with Crippen LogP contribution in [0.4, 0.5) is 28.6 Å². The number of fused-ring (bicyclic) bond motifs is 2. The van der Waals surface area contributed by atoms with Crippen molar-refractivity contribution in [3.63, 3.8) is 0 Å².